The number of anilines is 1. The van der Waals surface area contributed by atoms with E-state index in [-0.39, 0.29) is 5.91 Å². The first kappa shape index (κ1) is 18.7. The first-order valence-corrected chi connectivity index (χ1v) is 9.87. The Hall–Kier alpha value is -2.04. The Labute approximate surface area is 163 Å². The number of hydrogen-bond acceptors (Lipinski definition) is 3. The van der Waals surface area contributed by atoms with Gasteiger partial charge >= 0.3 is 0 Å². The van der Waals surface area contributed by atoms with Crippen molar-refractivity contribution in [3.05, 3.63) is 64.2 Å². The summed E-state index contributed by atoms with van der Waals surface area (Å²) >= 11 is 7.70. The number of pyridine rings is 1. The van der Waals surface area contributed by atoms with Crippen LogP contribution in [0.3, 0.4) is 0 Å². The van der Waals surface area contributed by atoms with Gasteiger partial charge in [0.1, 0.15) is 0 Å². The van der Waals surface area contributed by atoms with Gasteiger partial charge in [0.25, 0.3) is 0 Å². The van der Waals surface area contributed by atoms with Gasteiger partial charge in [0.2, 0.25) is 5.91 Å². The molecular weight excluding hydrogens is 364 g/mol. The highest BCUT2D eigenvalue weighted by Gasteiger charge is 2.09. The van der Waals surface area contributed by atoms with Crippen molar-refractivity contribution in [2.75, 3.05) is 11.1 Å². The molecule has 0 aliphatic heterocycles. The van der Waals surface area contributed by atoms with E-state index in [0.717, 1.165) is 21.8 Å². The molecule has 0 atom stereocenters. The summed E-state index contributed by atoms with van der Waals surface area (Å²) in [5.41, 5.74) is 5.07. The van der Waals surface area contributed by atoms with E-state index < -0.39 is 0 Å². The fraction of sp³-hybridized carbons (Fsp3) is 0.238. The molecule has 0 bridgehead atoms. The van der Waals surface area contributed by atoms with Crippen molar-refractivity contribution in [1.82, 2.24) is 4.98 Å². The van der Waals surface area contributed by atoms with Crippen molar-refractivity contribution in [3.8, 4) is 0 Å². The second kappa shape index (κ2) is 8.11. The lowest BCUT2D eigenvalue weighted by Crippen LogP contribution is -2.13. The summed E-state index contributed by atoms with van der Waals surface area (Å²) in [7, 11) is 0. The number of halogens is 1. The molecule has 3 nitrogen and oxygen atoms in total. The van der Waals surface area contributed by atoms with Gasteiger partial charge in [-0.2, -0.15) is 0 Å². The Kier molecular flexibility index (Phi) is 5.84. The van der Waals surface area contributed by atoms with E-state index in [4.69, 9.17) is 16.6 Å². The molecule has 3 rings (SSSR count). The normalized spacial score (nSPS) is 10.9. The summed E-state index contributed by atoms with van der Waals surface area (Å²) in [6.45, 7) is 6.07. The van der Waals surface area contributed by atoms with Crippen LogP contribution in [0.15, 0.2) is 47.5 Å². The Morgan fingerprint density at radius 3 is 2.69 bits per heavy atom. The number of fused-ring (bicyclic) bond motifs is 1. The van der Waals surface area contributed by atoms with Crippen LogP contribution in [-0.2, 0) is 4.79 Å². The molecule has 26 heavy (non-hydrogen) atoms. The molecule has 0 radical (unpaired) electrons. The number of nitrogens with one attached hydrogen (secondary N) is 1. The molecule has 134 valence electrons. The Morgan fingerprint density at radius 2 is 1.88 bits per heavy atom. The highest BCUT2D eigenvalue weighted by Crippen LogP contribution is 2.26. The molecule has 0 aliphatic carbocycles. The van der Waals surface area contributed by atoms with Crippen LogP contribution >= 0.6 is 23.4 Å². The highest BCUT2D eigenvalue weighted by molar-refractivity contribution is 7.99. The number of aryl methyl sites for hydroxylation is 2. The van der Waals surface area contributed by atoms with E-state index in [1.807, 2.05) is 25.1 Å². The first-order chi connectivity index (χ1) is 12.5. The molecule has 5 heteroatoms. The predicted octanol–water partition coefficient (Wildman–Crippen LogP) is 5.93. The Bertz CT molecular complexity index is 972. The predicted molar refractivity (Wildman–Crippen MR) is 111 cm³/mol. The second-order valence-corrected chi connectivity index (χ2v) is 7.83. The Balaban J connectivity index is 1.63. The van der Waals surface area contributed by atoms with Gasteiger partial charge in [-0.25, -0.2) is 4.98 Å². The fourth-order valence-corrected chi connectivity index (χ4v) is 3.90. The van der Waals surface area contributed by atoms with Crippen LogP contribution in [-0.4, -0.2) is 16.6 Å². The summed E-state index contributed by atoms with van der Waals surface area (Å²) < 4.78 is 0. The standard InChI is InChI=1S/C21H21ClN2OS/c1-13-6-4-7-16-14(2)12-20(24-21(13)16)26-11-10-19(25)23-18-9-5-8-17(22)15(18)3/h4-9,12H,10-11H2,1-3H3,(H,23,25). The molecule has 1 N–H and O–H groups in total. The maximum absolute atomic E-state index is 12.2. The molecule has 1 amide bonds. The van der Waals surface area contributed by atoms with E-state index in [1.54, 1.807) is 11.8 Å². The first-order valence-electron chi connectivity index (χ1n) is 8.50. The topological polar surface area (TPSA) is 42.0 Å². The molecule has 0 unspecified atom stereocenters. The van der Waals surface area contributed by atoms with Gasteiger partial charge in [-0.1, -0.05) is 35.9 Å². The minimum atomic E-state index is -0.0171. The molecule has 1 heterocycles. The van der Waals surface area contributed by atoms with Gasteiger partial charge in [-0.05, 0) is 55.7 Å². The molecule has 0 fully saturated rings. The molecule has 3 aromatic rings. The van der Waals surface area contributed by atoms with Crippen molar-refractivity contribution in [1.29, 1.82) is 0 Å². The zero-order valence-corrected chi connectivity index (χ0v) is 16.7. The zero-order chi connectivity index (χ0) is 18.7. The number of para-hydroxylation sites is 1. The molecule has 0 aliphatic rings. The molecule has 0 saturated carbocycles. The summed E-state index contributed by atoms with van der Waals surface area (Å²) in [5, 5.41) is 5.72. The maximum Gasteiger partial charge on any atom is 0.225 e. The van der Waals surface area contributed by atoms with Gasteiger partial charge < -0.3 is 5.32 Å². The average molecular weight is 385 g/mol. The lowest BCUT2D eigenvalue weighted by Gasteiger charge is -2.10. The van der Waals surface area contributed by atoms with Crippen LogP contribution in [0, 0.1) is 20.8 Å². The largest absolute Gasteiger partial charge is 0.326 e. The van der Waals surface area contributed by atoms with Crippen LogP contribution in [0.1, 0.15) is 23.1 Å². The van der Waals surface area contributed by atoms with Crippen molar-refractivity contribution in [2.24, 2.45) is 0 Å². The summed E-state index contributed by atoms with van der Waals surface area (Å²) in [5.74, 6) is 0.659. The molecule has 0 spiro atoms. The van der Waals surface area contributed by atoms with Gasteiger partial charge in [0, 0.05) is 28.3 Å². The number of carbonyl (C=O) groups excluding carboxylic acids is 1. The minimum absolute atomic E-state index is 0.0171. The van der Waals surface area contributed by atoms with Crippen molar-refractivity contribution in [2.45, 2.75) is 32.2 Å². The molecular formula is C21H21ClN2OS. The number of aromatic nitrogens is 1. The lowest BCUT2D eigenvalue weighted by atomic mass is 10.1. The third-order valence-electron chi connectivity index (χ3n) is 4.35. The summed E-state index contributed by atoms with van der Waals surface area (Å²) in [6.07, 6.45) is 0.420. The van der Waals surface area contributed by atoms with Gasteiger partial charge in [0.05, 0.1) is 10.5 Å². The summed E-state index contributed by atoms with van der Waals surface area (Å²) in [6, 6.07) is 13.8. The van der Waals surface area contributed by atoms with Crippen LogP contribution in [0.2, 0.25) is 5.02 Å². The van der Waals surface area contributed by atoms with Gasteiger partial charge in [0.15, 0.2) is 0 Å². The monoisotopic (exact) mass is 384 g/mol. The van der Waals surface area contributed by atoms with Crippen LogP contribution in [0.5, 0.6) is 0 Å². The Morgan fingerprint density at radius 1 is 1.12 bits per heavy atom. The van der Waals surface area contributed by atoms with E-state index in [2.05, 4.69) is 43.4 Å². The van der Waals surface area contributed by atoms with Crippen molar-refractivity contribution < 1.29 is 4.79 Å². The number of rotatable bonds is 5. The quantitative estimate of drug-likeness (QED) is 0.554. The third-order valence-corrected chi connectivity index (χ3v) is 5.67. The van der Waals surface area contributed by atoms with E-state index >= 15 is 0 Å². The van der Waals surface area contributed by atoms with Gasteiger partial charge in [-0.15, -0.1) is 11.8 Å². The lowest BCUT2D eigenvalue weighted by molar-refractivity contribution is -0.115. The van der Waals surface area contributed by atoms with E-state index in [9.17, 15) is 4.79 Å². The maximum atomic E-state index is 12.2. The number of nitrogens with zero attached hydrogens (tertiary/aromatic N) is 1. The zero-order valence-electron chi connectivity index (χ0n) is 15.1. The second-order valence-electron chi connectivity index (χ2n) is 6.31. The average Bonchev–Trinajstić information content (AvgIpc) is 2.60. The van der Waals surface area contributed by atoms with Crippen LogP contribution < -0.4 is 5.32 Å². The smallest absolute Gasteiger partial charge is 0.225 e. The number of amides is 1. The fourth-order valence-electron chi connectivity index (χ4n) is 2.81. The number of carbonyl (C=O) groups is 1. The molecule has 2 aromatic carbocycles. The van der Waals surface area contributed by atoms with Crippen LogP contribution in [0.25, 0.3) is 10.9 Å². The molecule has 0 saturated heterocycles. The van der Waals surface area contributed by atoms with Crippen molar-refractivity contribution in [3.63, 3.8) is 0 Å². The third kappa shape index (κ3) is 4.19. The number of thioether (sulfide) groups is 1. The minimum Gasteiger partial charge on any atom is -0.326 e. The number of hydrogen-bond donors (Lipinski definition) is 1. The van der Waals surface area contributed by atoms with E-state index in [1.165, 1.54) is 16.5 Å². The van der Waals surface area contributed by atoms with E-state index in [0.29, 0.717) is 17.2 Å². The SMILES string of the molecule is Cc1c(Cl)cccc1NC(=O)CCSc1cc(C)c2cccc(C)c2n1. The van der Waals surface area contributed by atoms with Crippen molar-refractivity contribution >= 4 is 45.9 Å². The molecule has 1 aromatic heterocycles. The van der Waals surface area contributed by atoms with Gasteiger partial charge in [-0.3, -0.25) is 4.79 Å². The van der Waals surface area contributed by atoms with Crippen LogP contribution in [0.4, 0.5) is 5.69 Å². The number of benzene rings is 2. The highest BCUT2D eigenvalue weighted by atomic mass is 35.5. The summed E-state index contributed by atoms with van der Waals surface area (Å²) in [4.78, 5) is 17.0.